The number of carbonyl (C=O) groups is 3. The number of thioether (sulfide) groups is 1. The van der Waals surface area contributed by atoms with E-state index in [-0.39, 0.29) is 24.4 Å². The van der Waals surface area contributed by atoms with Crippen LogP contribution in [0.15, 0.2) is 54.7 Å². The molecule has 12 heteroatoms. The highest BCUT2D eigenvalue weighted by Crippen LogP contribution is 2.24. The summed E-state index contributed by atoms with van der Waals surface area (Å²) in [4.78, 5) is 40.1. The number of carbonyl (C=O) groups excluding carboxylic acids is 3. The highest BCUT2D eigenvalue weighted by molar-refractivity contribution is 7.98. The lowest BCUT2D eigenvalue weighted by molar-refractivity contribution is -0.130. The van der Waals surface area contributed by atoms with Gasteiger partial charge in [-0.1, -0.05) is 47.1 Å². The van der Waals surface area contributed by atoms with Gasteiger partial charge in [-0.25, -0.2) is 0 Å². The number of hydrogen-bond acceptors (Lipinski definition) is 7. The lowest BCUT2D eigenvalue weighted by atomic mass is 10.0. The minimum Gasteiger partial charge on any atom is -0.493 e. The zero-order valence-corrected chi connectivity index (χ0v) is 23.1. The third-order valence-electron chi connectivity index (χ3n) is 6.16. The molecule has 2 aromatic carbocycles. The van der Waals surface area contributed by atoms with Gasteiger partial charge in [0.1, 0.15) is 23.5 Å². The number of amides is 3. The van der Waals surface area contributed by atoms with Crippen LogP contribution in [0.2, 0.25) is 5.02 Å². The first kappa shape index (κ1) is 28.4. The third-order valence-corrected chi connectivity index (χ3v) is 7.03. The molecule has 3 aromatic rings. The Morgan fingerprint density at radius 3 is 2.69 bits per heavy atom. The number of nitrogens with zero attached hydrogens (tertiary/aromatic N) is 3. The lowest BCUT2D eigenvalue weighted by Crippen LogP contribution is -2.54. The Kier molecular flexibility index (Phi) is 10.2. The number of aromatic nitrogens is 3. The average Bonchev–Trinajstić information content (AvgIpc) is 3.39. The number of fused-ring (bicyclic) bond motifs is 3. The van der Waals surface area contributed by atoms with Crippen molar-refractivity contribution in [2.45, 2.75) is 44.4 Å². The number of nitrogens with one attached hydrogen (secondary N) is 3. The highest BCUT2D eigenvalue weighted by atomic mass is 35.5. The van der Waals surface area contributed by atoms with E-state index in [0.29, 0.717) is 48.2 Å². The molecule has 0 radical (unpaired) electrons. The minimum absolute atomic E-state index is 0.162. The number of halogens is 1. The second-order valence-corrected chi connectivity index (χ2v) is 10.5. The van der Waals surface area contributed by atoms with Crippen LogP contribution in [-0.2, 0) is 29.1 Å². The van der Waals surface area contributed by atoms with Crippen LogP contribution in [0.5, 0.6) is 5.75 Å². The molecule has 0 saturated carbocycles. The molecule has 0 spiro atoms. The summed E-state index contributed by atoms with van der Waals surface area (Å²) in [6.45, 7) is 1.01. The van der Waals surface area contributed by atoms with Gasteiger partial charge in [0.05, 0.1) is 24.9 Å². The Labute approximate surface area is 236 Å². The van der Waals surface area contributed by atoms with E-state index in [9.17, 15) is 14.4 Å². The SMILES string of the molecule is CSCC[C@@H]1NC(=O)c2ccc(Cl)cc2OCCCn2cc(nn2)CNC(=O)[C@@H](Cc2ccccc2)NC1=O. The summed E-state index contributed by atoms with van der Waals surface area (Å²) in [5.41, 5.74) is 1.75. The summed E-state index contributed by atoms with van der Waals surface area (Å²) in [6, 6.07) is 12.5. The van der Waals surface area contributed by atoms with Gasteiger partial charge in [0, 0.05) is 24.4 Å². The topological polar surface area (TPSA) is 127 Å². The van der Waals surface area contributed by atoms with E-state index < -0.39 is 23.9 Å². The third kappa shape index (κ3) is 8.21. The van der Waals surface area contributed by atoms with Crippen LogP contribution in [0, 0.1) is 0 Å². The molecule has 0 saturated heterocycles. The van der Waals surface area contributed by atoms with Gasteiger partial charge in [0.2, 0.25) is 11.8 Å². The number of rotatable bonds is 5. The van der Waals surface area contributed by atoms with E-state index in [1.807, 2.05) is 36.6 Å². The van der Waals surface area contributed by atoms with Crippen molar-refractivity contribution in [3.8, 4) is 5.75 Å². The fourth-order valence-electron chi connectivity index (χ4n) is 4.11. The highest BCUT2D eigenvalue weighted by Gasteiger charge is 2.28. The van der Waals surface area contributed by atoms with Crippen LogP contribution in [0.25, 0.3) is 0 Å². The molecule has 3 amide bonds. The Balaban J connectivity index is 1.63. The van der Waals surface area contributed by atoms with E-state index >= 15 is 0 Å². The largest absolute Gasteiger partial charge is 0.493 e. The van der Waals surface area contributed by atoms with Crippen LogP contribution in [0.4, 0.5) is 0 Å². The molecule has 0 aliphatic carbocycles. The maximum atomic E-state index is 13.5. The first-order valence-electron chi connectivity index (χ1n) is 12.7. The van der Waals surface area contributed by atoms with Gasteiger partial charge in [-0.15, -0.1) is 5.10 Å². The summed E-state index contributed by atoms with van der Waals surface area (Å²) >= 11 is 7.74. The van der Waals surface area contributed by atoms with E-state index in [4.69, 9.17) is 16.3 Å². The van der Waals surface area contributed by atoms with Crippen LogP contribution < -0.4 is 20.7 Å². The molecule has 10 nitrogen and oxygen atoms in total. The Bertz CT molecular complexity index is 1290. The van der Waals surface area contributed by atoms with Gasteiger partial charge >= 0.3 is 0 Å². The Hall–Kier alpha value is -3.57. The maximum Gasteiger partial charge on any atom is 0.255 e. The first-order chi connectivity index (χ1) is 18.9. The average molecular weight is 571 g/mol. The molecular formula is C27H31ClN6O4S. The van der Waals surface area contributed by atoms with Crippen molar-refractivity contribution in [3.05, 3.63) is 76.6 Å². The van der Waals surface area contributed by atoms with Gasteiger partial charge in [-0.3, -0.25) is 19.1 Å². The van der Waals surface area contributed by atoms with Crippen molar-refractivity contribution in [2.24, 2.45) is 0 Å². The van der Waals surface area contributed by atoms with Crippen LogP contribution in [0.3, 0.4) is 0 Å². The zero-order chi connectivity index (χ0) is 27.6. The molecule has 2 bridgehead atoms. The van der Waals surface area contributed by atoms with Crippen molar-refractivity contribution >= 4 is 41.1 Å². The van der Waals surface area contributed by atoms with E-state index in [0.717, 1.165) is 5.56 Å². The summed E-state index contributed by atoms with van der Waals surface area (Å²) in [6.07, 6.45) is 4.94. The number of hydrogen-bond donors (Lipinski definition) is 3. The maximum absolute atomic E-state index is 13.5. The van der Waals surface area contributed by atoms with Crippen molar-refractivity contribution in [2.75, 3.05) is 18.6 Å². The molecule has 39 heavy (non-hydrogen) atoms. The van der Waals surface area contributed by atoms with Gasteiger partial charge < -0.3 is 20.7 Å². The van der Waals surface area contributed by atoms with Gasteiger partial charge in [-0.2, -0.15) is 11.8 Å². The molecule has 1 aromatic heterocycles. The second kappa shape index (κ2) is 14.0. The van der Waals surface area contributed by atoms with Gasteiger partial charge in [0.15, 0.2) is 0 Å². The van der Waals surface area contributed by atoms with Crippen LogP contribution in [-0.4, -0.2) is 63.4 Å². The lowest BCUT2D eigenvalue weighted by Gasteiger charge is -2.23. The van der Waals surface area contributed by atoms with Crippen molar-refractivity contribution in [1.29, 1.82) is 0 Å². The standard InChI is InChI=1S/C27H31ClN6O4S/c1-39-13-10-22-27(37)31-23(14-18-6-3-2-4-7-18)26(36)29-16-20-17-34(33-32-20)11-5-12-38-24-15-19(28)8-9-21(24)25(35)30-22/h2-4,6-9,15,17,22-23H,5,10-14,16H2,1H3,(H,29,36)(H,30,35)(H,31,37)/t22-,23+/m0/s1. The van der Waals surface area contributed by atoms with E-state index in [2.05, 4.69) is 26.3 Å². The molecule has 4 rings (SSSR count). The molecule has 3 N–H and O–H groups in total. The zero-order valence-electron chi connectivity index (χ0n) is 21.6. The normalized spacial score (nSPS) is 19.0. The first-order valence-corrected chi connectivity index (χ1v) is 14.4. The quantitative estimate of drug-likeness (QED) is 0.430. The van der Waals surface area contributed by atoms with Crippen LogP contribution in [0.1, 0.15) is 34.5 Å². The monoisotopic (exact) mass is 570 g/mol. The molecular weight excluding hydrogens is 540 g/mol. The molecule has 2 heterocycles. The smallest absolute Gasteiger partial charge is 0.255 e. The fraction of sp³-hybridized carbons (Fsp3) is 0.370. The molecule has 1 aliphatic heterocycles. The van der Waals surface area contributed by atoms with Crippen molar-refractivity contribution in [1.82, 2.24) is 30.9 Å². The molecule has 2 atom stereocenters. The molecule has 0 unspecified atom stereocenters. The predicted octanol–water partition coefficient (Wildman–Crippen LogP) is 2.61. The number of benzene rings is 2. The Morgan fingerprint density at radius 2 is 1.90 bits per heavy atom. The number of ether oxygens (including phenoxy) is 1. The fourth-order valence-corrected chi connectivity index (χ4v) is 4.75. The van der Waals surface area contributed by atoms with Gasteiger partial charge in [0.25, 0.3) is 5.91 Å². The van der Waals surface area contributed by atoms with Gasteiger partial charge in [-0.05, 0) is 42.2 Å². The summed E-state index contributed by atoms with van der Waals surface area (Å²) in [5, 5.41) is 17.2. The minimum atomic E-state index is -0.864. The summed E-state index contributed by atoms with van der Waals surface area (Å²) in [5.74, 6) is -0.309. The second-order valence-electron chi connectivity index (χ2n) is 9.09. The Morgan fingerprint density at radius 1 is 1.08 bits per heavy atom. The molecule has 0 fully saturated rings. The predicted molar refractivity (Wildman–Crippen MR) is 150 cm³/mol. The van der Waals surface area contributed by atoms with Crippen LogP contribution >= 0.6 is 23.4 Å². The number of aryl methyl sites for hydroxylation is 1. The summed E-state index contributed by atoms with van der Waals surface area (Å²) < 4.78 is 7.57. The molecule has 206 valence electrons. The summed E-state index contributed by atoms with van der Waals surface area (Å²) in [7, 11) is 0. The molecule has 1 aliphatic rings. The van der Waals surface area contributed by atoms with Crippen molar-refractivity contribution in [3.63, 3.8) is 0 Å². The van der Waals surface area contributed by atoms with E-state index in [1.54, 1.807) is 40.8 Å². The van der Waals surface area contributed by atoms with Crippen molar-refractivity contribution < 1.29 is 19.1 Å². The van der Waals surface area contributed by atoms with E-state index in [1.165, 1.54) is 0 Å².